The molecule has 0 aliphatic heterocycles. The molecule has 1 rings (SSSR count). The van der Waals surface area contributed by atoms with Crippen molar-refractivity contribution >= 4 is 10.0 Å². The van der Waals surface area contributed by atoms with E-state index in [2.05, 4.69) is 0 Å². The molecule has 6 N–H and O–H groups in total. The Morgan fingerprint density at radius 3 is 2.07 bits per heavy atom. The van der Waals surface area contributed by atoms with Gasteiger partial charge in [-0.15, -0.1) is 0 Å². The third-order valence-electron chi connectivity index (χ3n) is 1.89. The van der Waals surface area contributed by atoms with Crippen LogP contribution in [0.4, 0.5) is 0 Å². The third kappa shape index (κ3) is 2.52. The smallest absolute Gasteiger partial charge is 0.238 e. The molecule has 0 radical (unpaired) electrons. The Hall–Kier alpha value is -0.950. The number of rotatable bonds is 3. The molecule has 78 valence electrons. The van der Waals surface area contributed by atoms with Gasteiger partial charge >= 0.3 is 0 Å². The summed E-state index contributed by atoms with van der Waals surface area (Å²) in [5.74, 6) is 0. The maximum atomic E-state index is 10.9. The maximum absolute atomic E-state index is 10.9. The molecule has 5 nitrogen and oxygen atoms in total. The fourth-order valence-electron chi connectivity index (χ4n) is 1.04. The van der Waals surface area contributed by atoms with Crippen LogP contribution >= 0.6 is 0 Å². The second-order valence-electron chi connectivity index (χ2n) is 2.96. The number of hydrogen-bond acceptors (Lipinski definition) is 4. The highest BCUT2D eigenvalue weighted by atomic mass is 32.2. The summed E-state index contributed by atoms with van der Waals surface area (Å²) in [5.41, 5.74) is 11.8. The molecule has 0 heterocycles. The van der Waals surface area contributed by atoms with Gasteiger partial charge in [-0.1, -0.05) is 12.1 Å². The predicted molar refractivity (Wildman–Crippen MR) is 53.8 cm³/mol. The van der Waals surface area contributed by atoms with Gasteiger partial charge < -0.3 is 11.5 Å². The highest BCUT2D eigenvalue weighted by Crippen LogP contribution is 2.12. The van der Waals surface area contributed by atoms with Gasteiger partial charge in [0.2, 0.25) is 10.0 Å². The molecule has 0 bridgehead atoms. The number of primary sulfonamides is 1. The summed E-state index contributed by atoms with van der Waals surface area (Å²) in [6.07, 6.45) is 0. The van der Waals surface area contributed by atoms with Crippen molar-refractivity contribution in [3.05, 3.63) is 29.8 Å². The first kappa shape index (κ1) is 11.1. The first-order chi connectivity index (χ1) is 6.45. The van der Waals surface area contributed by atoms with Gasteiger partial charge in [0.25, 0.3) is 0 Å². The summed E-state index contributed by atoms with van der Waals surface area (Å²) in [5, 5.41) is 4.93. The molecule has 0 aliphatic rings. The Kier molecular flexibility index (Phi) is 3.22. The molecule has 0 unspecified atom stereocenters. The largest absolute Gasteiger partial charge is 0.329 e. The summed E-state index contributed by atoms with van der Waals surface area (Å²) in [4.78, 5) is 0.0745. The molecule has 0 saturated carbocycles. The van der Waals surface area contributed by atoms with Crippen molar-refractivity contribution in [2.75, 3.05) is 6.54 Å². The topological polar surface area (TPSA) is 112 Å². The van der Waals surface area contributed by atoms with Crippen LogP contribution in [-0.4, -0.2) is 15.0 Å². The van der Waals surface area contributed by atoms with E-state index in [-0.39, 0.29) is 10.9 Å². The molecule has 0 aromatic heterocycles. The third-order valence-corrected chi connectivity index (χ3v) is 2.82. The van der Waals surface area contributed by atoms with Crippen LogP contribution < -0.4 is 16.6 Å². The Morgan fingerprint density at radius 2 is 1.71 bits per heavy atom. The van der Waals surface area contributed by atoms with Crippen molar-refractivity contribution < 1.29 is 8.42 Å². The minimum Gasteiger partial charge on any atom is -0.329 e. The number of sulfonamides is 1. The monoisotopic (exact) mass is 215 g/mol. The number of hydrogen-bond donors (Lipinski definition) is 3. The molecule has 0 aliphatic carbocycles. The molecular weight excluding hydrogens is 202 g/mol. The molecule has 1 atom stereocenters. The van der Waals surface area contributed by atoms with Crippen LogP contribution in [0.15, 0.2) is 29.2 Å². The Morgan fingerprint density at radius 1 is 1.21 bits per heavy atom. The van der Waals surface area contributed by atoms with Gasteiger partial charge in [0.1, 0.15) is 0 Å². The van der Waals surface area contributed by atoms with Crippen molar-refractivity contribution in [1.82, 2.24) is 0 Å². The molecule has 0 fully saturated rings. The van der Waals surface area contributed by atoms with Gasteiger partial charge in [-0.25, -0.2) is 13.6 Å². The average Bonchev–Trinajstić information content (AvgIpc) is 2.15. The van der Waals surface area contributed by atoms with Crippen LogP contribution in [-0.2, 0) is 10.0 Å². The van der Waals surface area contributed by atoms with Crippen molar-refractivity contribution in [2.24, 2.45) is 16.6 Å². The van der Waals surface area contributed by atoms with Crippen molar-refractivity contribution in [1.29, 1.82) is 0 Å². The van der Waals surface area contributed by atoms with Crippen molar-refractivity contribution in [2.45, 2.75) is 10.9 Å². The van der Waals surface area contributed by atoms with Crippen LogP contribution in [0.25, 0.3) is 0 Å². The summed E-state index contributed by atoms with van der Waals surface area (Å²) < 4.78 is 21.8. The minimum absolute atomic E-state index is 0.0745. The molecule has 0 saturated heterocycles. The summed E-state index contributed by atoms with van der Waals surface area (Å²) in [6.45, 7) is 0.314. The molecular formula is C8H13N3O2S. The van der Waals surface area contributed by atoms with Crippen LogP contribution in [0.2, 0.25) is 0 Å². The van der Waals surface area contributed by atoms with Gasteiger partial charge in [-0.3, -0.25) is 0 Å². The Balaban J connectivity index is 3.01. The number of nitrogens with two attached hydrogens (primary N) is 3. The van der Waals surface area contributed by atoms with E-state index >= 15 is 0 Å². The quantitative estimate of drug-likeness (QED) is 0.618. The van der Waals surface area contributed by atoms with E-state index in [9.17, 15) is 8.42 Å². The molecule has 1 aromatic rings. The second kappa shape index (κ2) is 4.05. The normalized spacial score (nSPS) is 13.9. The van der Waals surface area contributed by atoms with Gasteiger partial charge in [-0.2, -0.15) is 0 Å². The van der Waals surface area contributed by atoms with Gasteiger partial charge in [0, 0.05) is 12.6 Å². The lowest BCUT2D eigenvalue weighted by Gasteiger charge is -2.08. The van der Waals surface area contributed by atoms with Crippen molar-refractivity contribution in [3.8, 4) is 0 Å². The van der Waals surface area contributed by atoms with Crippen LogP contribution in [0.5, 0.6) is 0 Å². The zero-order chi connectivity index (χ0) is 10.8. The van der Waals surface area contributed by atoms with E-state index in [0.717, 1.165) is 5.56 Å². The lowest BCUT2D eigenvalue weighted by atomic mass is 10.1. The standard InChI is InChI=1S/C8H13N3O2S/c9-5-8(10)6-1-3-7(4-2-6)14(11,12)13/h1-4,8H,5,9-10H2,(H2,11,12,13)/t8-/m0/s1. The molecule has 0 amide bonds. The average molecular weight is 215 g/mol. The molecule has 0 spiro atoms. The summed E-state index contributed by atoms with van der Waals surface area (Å²) in [7, 11) is -3.62. The van der Waals surface area contributed by atoms with Gasteiger partial charge in [0.15, 0.2) is 0 Å². The predicted octanol–water partition coefficient (Wildman–Crippen LogP) is -0.707. The summed E-state index contributed by atoms with van der Waals surface area (Å²) >= 11 is 0. The molecule has 1 aromatic carbocycles. The highest BCUT2D eigenvalue weighted by Gasteiger charge is 2.08. The van der Waals surface area contributed by atoms with Crippen molar-refractivity contribution in [3.63, 3.8) is 0 Å². The van der Waals surface area contributed by atoms with E-state index < -0.39 is 10.0 Å². The Labute approximate surface area is 82.9 Å². The summed E-state index contributed by atoms with van der Waals surface area (Å²) in [6, 6.07) is 5.78. The number of benzene rings is 1. The second-order valence-corrected chi connectivity index (χ2v) is 4.52. The minimum atomic E-state index is -3.62. The van der Waals surface area contributed by atoms with E-state index in [1.54, 1.807) is 12.1 Å². The fourth-order valence-corrected chi connectivity index (χ4v) is 1.56. The Bertz CT molecular complexity index is 399. The van der Waals surface area contributed by atoms with E-state index in [1.165, 1.54) is 12.1 Å². The van der Waals surface area contributed by atoms with E-state index in [0.29, 0.717) is 6.54 Å². The first-order valence-corrected chi connectivity index (χ1v) is 5.58. The van der Waals surface area contributed by atoms with E-state index in [4.69, 9.17) is 16.6 Å². The van der Waals surface area contributed by atoms with Crippen LogP contribution in [0, 0.1) is 0 Å². The maximum Gasteiger partial charge on any atom is 0.238 e. The lowest BCUT2D eigenvalue weighted by Crippen LogP contribution is -2.20. The molecule has 6 heteroatoms. The van der Waals surface area contributed by atoms with Gasteiger partial charge in [-0.05, 0) is 17.7 Å². The first-order valence-electron chi connectivity index (χ1n) is 4.03. The van der Waals surface area contributed by atoms with Gasteiger partial charge in [0.05, 0.1) is 4.90 Å². The zero-order valence-corrected chi connectivity index (χ0v) is 8.37. The highest BCUT2D eigenvalue weighted by molar-refractivity contribution is 7.89. The van der Waals surface area contributed by atoms with Crippen LogP contribution in [0.1, 0.15) is 11.6 Å². The SMILES string of the molecule is NC[C@H](N)c1ccc(S(N)(=O)=O)cc1. The van der Waals surface area contributed by atoms with Crippen LogP contribution in [0.3, 0.4) is 0 Å². The zero-order valence-electron chi connectivity index (χ0n) is 7.55. The van der Waals surface area contributed by atoms with E-state index in [1.807, 2.05) is 0 Å². The fraction of sp³-hybridized carbons (Fsp3) is 0.250. The molecule has 14 heavy (non-hydrogen) atoms. The lowest BCUT2D eigenvalue weighted by molar-refractivity contribution is 0.597.